The van der Waals surface area contributed by atoms with E-state index >= 15 is 0 Å². The lowest BCUT2D eigenvalue weighted by atomic mass is 10.2. The molecule has 2 rings (SSSR count). The van der Waals surface area contributed by atoms with Crippen molar-refractivity contribution < 1.29 is 9.18 Å². The van der Waals surface area contributed by atoms with Gasteiger partial charge in [0.2, 0.25) is 0 Å². The highest BCUT2D eigenvalue weighted by atomic mass is 19.1. The Labute approximate surface area is 123 Å². The predicted octanol–water partition coefficient (Wildman–Crippen LogP) is 2.27. The molecule has 0 unspecified atom stereocenters. The van der Waals surface area contributed by atoms with Gasteiger partial charge in [0.05, 0.1) is 5.56 Å². The molecule has 3 N–H and O–H groups in total. The molecule has 0 saturated heterocycles. The van der Waals surface area contributed by atoms with Gasteiger partial charge in [-0.1, -0.05) is 18.2 Å². The zero-order chi connectivity index (χ0) is 15.2. The second kappa shape index (κ2) is 6.74. The van der Waals surface area contributed by atoms with Crippen LogP contribution >= 0.6 is 0 Å². The van der Waals surface area contributed by atoms with Crippen LogP contribution in [-0.2, 0) is 0 Å². The smallest absolute Gasteiger partial charge is 0.254 e. The molecule has 5 heteroatoms. The summed E-state index contributed by atoms with van der Waals surface area (Å²) in [5, 5.41) is 2.70. The Hall–Kier alpha value is -2.56. The van der Waals surface area contributed by atoms with Crippen LogP contribution in [0.3, 0.4) is 0 Å². The Morgan fingerprint density at radius 3 is 2.62 bits per heavy atom. The van der Waals surface area contributed by atoms with Crippen LogP contribution in [0, 0.1) is 5.82 Å². The molecule has 1 amide bonds. The molecule has 0 spiro atoms. The molecule has 0 aromatic heterocycles. The van der Waals surface area contributed by atoms with Crippen molar-refractivity contribution in [3.8, 4) is 0 Å². The molecular formula is C16H18FN3O. The van der Waals surface area contributed by atoms with E-state index in [4.69, 9.17) is 5.73 Å². The molecule has 0 radical (unpaired) electrons. The molecule has 2 aromatic carbocycles. The molecule has 0 fully saturated rings. The van der Waals surface area contributed by atoms with Gasteiger partial charge in [0.1, 0.15) is 5.82 Å². The summed E-state index contributed by atoms with van der Waals surface area (Å²) in [4.78, 5) is 13.9. The Bertz CT molecular complexity index is 616. The minimum atomic E-state index is -0.607. The zero-order valence-electron chi connectivity index (χ0n) is 11.8. The lowest BCUT2D eigenvalue weighted by Crippen LogP contribution is -2.33. The van der Waals surface area contributed by atoms with Gasteiger partial charge in [0, 0.05) is 31.5 Å². The number of nitrogens with two attached hydrogens (primary N) is 1. The van der Waals surface area contributed by atoms with Gasteiger partial charge in [-0.2, -0.15) is 0 Å². The molecule has 0 atom stereocenters. The van der Waals surface area contributed by atoms with Crippen molar-refractivity contribution in [1.82, 2.24) is 5.32 Å². The monoisotopic (exact) mass is 287 g/mol. The predicted molar refractivity (Wildman–Crippen MR) is 82.9 cm³/mol. The molecule has 110 valence electrons. The number of nitrogen functional groups attached to an aromatic ring is 1. The van der Waals surface area contributed by atoms with Gasteiger partial charge in [0.25, 0.3) is 5.91 Å². The largest absolute Gasteiger partial charge is 0.399 e. The van der Waals surface area contributed by atoms with Gasteiger partial charge in [-0.15, -0.1) is 0 Å². The van der Waals surface area contributed by atoms with Crippen LogP contribution in [0.5, 0.6) is 0 Å². The summed E-state index contributed by atoms with van der Waals surface area (Å²) < 4.78 is 13.6. The van der Waals surface area contributed by atoms with Crippen molar-refractivity contribution in [2.75, 3.05) is 30.8 Å². The lowest BCUT2D eigenvalue weighted by molar-refractivity contribution is 0.0951. The molecule has 0 aliphatic rings. The first kappa shape index (κ1) is 14.8. The number of halogens is 1. The van der Waals surface area contributed by atoms with Crippen LogP contribution in [0.4, 0.5) is 15.8 Å². The van der Waals surface area contributed by atoms with E-state index in [2.05, 4.69) is 5.32 Å². The quantitative estimate of drug-likeness (QED) is 0.829. The number of hydrogen-bond acceptors (Lipinski definition) is 3. The molecule has 0 heterocycles. The topological polar surface area (TPSA) is 58.4 Å². The van der Waals surface area contributed by atoms with Crippen molar-refractivity contribution in [2.45, 2.75) is 0 Å². The van der Waals surface area contributed by atoms with Crippen LogP contribution < -0.4 is 16.0 Å². The molecule has 21 heavy (non-hydrogen) atoms. The Balaban J connectivity index is 1.87. The third-order valence-electron chi connectivity index (χ3n) is 3.17. The van der Waals surface area contributed by atoms with Gasteiger partial charge >= 0.3 is 0 Å². The second-order valence-corrected chi connectivity index (χ2v) is 4.75. The molecule has 0 saturated carbocycles. The maximum atomic E-state index is 13.6. The van der Waals surface area contributed by atoms with Crippen molar-refractivity contribution in [3.05, 3.63) is 59.9 Å². The van der Waals surface area contributed by atoms with E-state index in [0.717, 1.165) is 11.8 Å². The summed E-state index contributed by atoms with van der Waals surface area (Å²) in [5.41, 5.74) is 6.82. The van der Waals surface area contributed by atoms with Crippen LogP contribution in [0.2, 0.25) is 0 Å². The number of benzene rings is 2. The van der Waals surface area contributed by atoms with Crippen molar-refractivity contribution in [2.24, 2.45) is 0 Å². The number of rotatable bonds is 5. The SMILES string of the molecule is CN(CCNC(=O)c1ccc(N)cc1F)c1ccccc1. The minimum Gasteiger partial charge on any atom is -0.399 e. The normalized spacial score (nSPS) is 10.2. The number of amides is 1. The van der Waals surface area contributed by atoms with Crippen molar-refractivity contribution in [1.29, 1.82) is 0 Å². The molecule has 4 nitrogen and oxygen atoms in total. The first-order valence-corrected chi connectivity index (χ1v) is 6.67. The van der Waals surface area contributed by atoms with Gasteiger partial charge in [-0.3, -0.25) is 4.79 Å². The fourth-order valence-corrected chi connectivity index (χ4v) is 1.96. The molecular weight excluding hydrogens is 269 g/mol. The molecule has 2 aromatic rings. The Morgan fingerprint density at radius 1 is 1.24 bits per heavy atom. The van der Waals surface area contributed by atoms with Gasteiger partial charge in [-0.05, 0) is 30.3 Å². The summed E-state index contributed by atoms with van der Waals surface area (Å²) in [5.74, 6) is -1.04. The fraction of sp³-hybridized carbons (Fsp3) is 0.188. The number of nitrogens with one attached hydrogen (secondary N) is 1. The number of likely N-dealkylation sites (N-methyl/N-ethyl adjacent to an activating group) is 1. The van der Waals surface area contributed by atoms with Gasteiger partial charge in [0.15, 0.2) is 0 Å². The summed E-state index contributed by atoms with van der Waals surface area (Å²) >= 11 is 0. The van der Waals surface area contributed by atoms with E-state index in [-0.39, 0.29) is 5.56 Å². The van der Waals surface area contributed by atoms with E-state index in [1.54, 1.807) is 0 Å². The highest BCUT2D eigenvalue weighted by Gasteiger charge is 2.11. The molecule has 0 aliphatic carbocycles. The van der Waals surface area contributed by atoms with Crippen LogP contribution in [-0.4, -0.2) is 26.0 Å². The third-order valence-corrected chi connectivity index (χ3v) is 3.17. The number of nitrogens with zero attached hydrogens (tertiary/aromatic N) is 1. The molecule has 0 bridgehead atoms. The average Bonchev–Trinajstić information content (AvgIpc) is 2.47. The first-order chi connectivity index (χ1) is 10.1. The van der Waals surface area contributed by atoms with Gasteiger partial charge < -0.3 is 16.0 Å². The van der Waals surface area contributed by atoms with E-state index in [1.807, 2.05) is 42.3 Å². The summed E-state index contributed by atoms with van der Waals surface area (Å²) in [6.45, 7) is 1.06. The first-order valence-electron chi connectivity index (χ1n) is 6.67. The van der Waals surface area contributed by atoms with Crippen molar-refractivity contribution in [3.63, 3.8) is 0 Å². The maximum Gasteiger partial charge on any atom is 0.254 e. The fourth-order valence-electron chi connectivity index (χ4n) is 1.96. The maximum absolute atomic E-state index is 13.6. The van der Waals surface area contributed by atoms with E-state index in [0.29, 0.717) is 18.8 Å². The Kier molecular flexibility index (Phi) is 4.77. The van der Waals surface area contributed by atoms with Crippen molar-refractivity contribution >= 4 is 17.3 Å². The minimum absolute atomic E-state index is 0.00608. The van der Waals surface area contributed by atoms with Crippen LogP contribution in [0.25, 0.3) is 0 Å². The number of hydrogen-bond donors (Lipinski definition) is 2. The highest BCUT2D eigenvalue weighted by Crippen LogP contribution is 2.12. The average molecular weight is 287 g/mol. The second-order valence-electron chi connectivity index (χ2n) is 4.75. The lowest BCUT2D eigenvalue weighted by Gasteiger charge is -2.19. The van der Waals surface area contributed by atoms with E-state index in [1.165, 1.54) is 12.1 Å². The number of carbonyl (C=O) groups excluding carboxylic acids is 1. The third kappa shape index (κ3) is 3.95. The number of anilines is 2. The summed E-state index contributed by atoms with van der Waals surface area (Å²) in [6, 6.07) is 13.9. The molecule has 0 aliphatic heterocycles. The Morgan fingerprint density at radius 2 is 1.95 bits per heavy atom. The van der Waals surface area contributed by atoms with E-state index < -0.39 is 11.7 Å². The number of para-hydroxylation sites is 1. The van der Waals surface area contributed by atoms with E-state index in [9.17, 15) is 9.18 Å². The standard InChI is InChI=1S/C16H18FN3O/c1-20(13-5-3-2-4-6-13)10-9-19-16(21)14-8-7-12(18)11-15(14)17/h2-8,11H,9-10,18H2,1H3,(H,19,21). The van der Waals surface area contributed by atoms with Crippen LogP contribution in [0.1, 0.15) is 10.4 Å². The highest BCUT2D eigenvalue weighted by molar-refractivity contribution is 5.94. The van der Waals surface area contributed by atoms with Gasteiger partial charge in [-0.25, -0.2) is 4.39 Å². The summed E-state index contributed by atoms with van der Waals surface area (Å²) in [6.07, 6.45) is 0. The summed E-state index contributed by atoms with van der Waals surface area (Å²) in [7, 11) is 1.94. The van der Waals surface area contributed by atoms with Crippen LogP contribution in [0.15, 0.2) is 48.5 Å². The number of carbonyl (C=O) groups is 1. The zero-order valence-corrected chi connectivity index (χ0v) is 11.8.